The van der Waals surface area contributed by atoms with Gasteiger partial charge in [-0.25, -0.2) is 0 Å². The molecule has 0 aliphatic rings. The van der Waals surface area contributed by atoms with Gasteiger partial charge in [-0.15, -0.1) is 0 Å². The number of unbranched alkanes of at least 4 members (excludes halogenated alkanes) is 1. The topological polar surface area (TPSA) is 54.0 Å². The quantitative estimate of drug-likeness (QED) is 0.507. The minimum absolute atomic E-state index is 0.460. The molecule has 0 aromatic heterocycles. The molecule has 0 aromatic rings. The second kappa shape index (κ2) is 3.49. The third-order valence-corrected chi connectivity index (χ3v) is 0.967. The predicted molar refractivity (Wildman–Crippen MR) is 32.3 cm³/mol. The lowest BCUT2D eigenvalue weighted by molar-refractivity contribution is 0.426. The summed E-state index contributed by atoms with van der Waals surface area (Å²) < 4.78 is 29.3. The van der Waals surface area contributed by atoms with Crippen molar-refractivity contribution in [3.05, 3.63) is 0 Å². The third-order valence-electron chi connectivity index (χ3n) is 0.572. The Hall–Kier alpha value is -0.530. The molecule has 0 fully saturated rings. The highest BCUT2D eigenvalue weighted by molar-refractivity contribution is 7.90. The van der Waals surface area contributed by atoms with Gasteiger partial charge in [-0.2, -0.15) is 8.42 Å². The average molecular weight is 147 g/mol. The Bertz CT molecular complexity index is 216. The smallest absolute Gasteiger partial charge is 0.183 e. The van der Waals surface area contributed by atoms with Gasteiger partial charge in [0.15, 0.2) is 0 Å². The predicted octanol–water partition coefficient (Wildman–Crippen LogP) is 0.508. The van der Waals surface area contributed by atoms with Crippen LogP contribution in [0.5, 0.6) is 0 Å². The molecule has 0 atom stereocenters. The highest BCUT2D eigenvalue weighted by atomic mass is 32.2. The maximum atomic E-state index is 9.78. The molecule has 0 unspecified atom stereocenters. The Kier molecular flexibility index (Phi) is 3.28. The van der Waals surface area contributed by atoms with Gasteiger partial charge in [0.05, 0.1) is 5.25 Å². The van der Waals surface area contributed by atoms with E-state index in [1.807, 2.05) is 6.92 Å². The SMILES string of the molecule is CCCC#CS([O])(=O)=O. The summed E-state index contributed by atoms with van der Waals surface area (Å²) in [5.41, 5.74) is 0. The van der Waals surface area contributed by atoms with Crippen molar-refractivity contribution in [1.82, 2.24) is 0 Å². The molecule has 4 heteroatoms. The lowest BCUT2D eigenvalue weighted by atomic mass is 10.4. The lowest BCUT2D eigenvalue weighted by Gasteiger charge is -1.75. The summed E-state index contributed by atoms with van der Waals surface area (Å²) in [4.78, 5) is 0. The Morgan fingerprint density at radius 2 is 2.00 bits per heavy atom. The Morgan fingerprint density at radius 1 is 1.44 bits per heavy atom. The van der Waals surface area contributed by atoms with Gasteiger partial charge in [0.25, 0.3) is 0 Å². The van der Waals surface area contributed by atoms with Crippen LogP contribution in [-0.2, 0) is 14.7 Å². The number of hydrogen-bond donors (Lipinski definition) is 0. The third kappa shape index (κ3) is 7.47. The monoisotopic (exact) mass is 147 g/mol. The molecule has 3 nitrogen and oxygen atoms in total. The molecule has 0 saturated carbocycles. The lowest BCUT2D eigenvalue weighted by Crippen LogP contribution is -1.86. The summed E-state index contributed by atoms with van der Waals surface area (Å²) in [6, 6.07) is 0. The van der Waals surface area contributed by atoms with E-state index in [9.17, 15) is 13.0 Å². The van der Waals surface area contributed by atoms with Crippen LogP contribution in [0.25, 0.3) is 0 Å². The van der Waals surface area contributed by atoms with Gasteiger partial charge in [0, 0.05) is 6.42 Å². The van der Waals surface area contributed by atoms with Crippen LogP contribution < -0.4 is 0 Å². The maximum Gasteiger partial charge on any atom is 0.365 e. The second-order valence-electron chi connectivity index (χ2n) is 1.48. The molecule has 0 bridgehead atoms. The van der Waals surface area contributed by atoms with Crippen molar-refractivity contribution in [1.29, 1.82) is 0 Å². The van der Waals surface area contributed by atoms with Gasteiger partial charge >= 0.3 is 10.1 Å². The fourth-order valence-electron chi connectivity index (χ4n) is 0.264. The minimum Gasteiger partial charge on any atom is -0.183 e. The van der Waals surface area contributed by atoms with Crippen molar-refractivity contribution in [2.75, 3.05) is 0 Å². The first-order valence-electron chi connectivity index (χ1n) is 2.51. The first-order valence-corrected chi connectivity index (χ1v) is 3.92. The van der Waals surface area contributed by atoms with E-state index in [-0.39, 0.29) is 0 Å². The largest absolute Gasteiger partial charge is 0.365 e. The van der Waals surface area contributed by atoms with E-state index in [1.54, 1.807) is 5.25 Å². The van der Waals surface area contributed by atoms with Gasteiger partial charge in [-0.05, 0) is 6.42 Å². The average Bonchev–Trinajstić information content (AvgIpc) is 1.63. The van der Waals surface area contributed by atoms with Crippen molar-refractivity contribution in [3.63, 3.8) is 0 Å². The van der Waals surface area contributed by atoms with Gasteiger partial charge in [0.2, 0.25) is 0 Å². The normalized spacial score (nSPS) is 10.0. The van der Waals surface area contributed by atoms with E-state index < -0.39 is 10.1 Å². The molecule has 0 saturated heterocycles. The van der Waals surface area contributed by atoms with E-state index in [2.05, 4.69) is 5.92 Å². The molecule has 0 amide bonds. The van der Waals surface area contributed by atoms with Crippen LogP contribution in [0, 0.1) is 11.2 Å². The number of rotatable bonds is 1. The highest BCUT2D eigenvalue weighted by Gasteiger charge is 1.95. The van der Waals surface area contributed by atoms with Crippen molar-refractivity contribution in [2.45, 2.75) is 19.8 Å². The van der Waals surface area contributed by atoms with Gasteiger partial charge in [-0.1, -0.05) is 17.4 Å². The van der Waals surface area contributed by atoms with E-state index in [0.29, 0.717) is 6.42 Å². The van der Waals surface area contributed by atoms with E-state index in [1.165, 1.54) is 0 Å². The van der Waals surface area contributed by atoms with Crippen LogP contribution in [-0.4, -0.2) is 8.42 Å². The molecule has 0 aliphatic heterocycles. The zero-order valence-corrected chi connectivity index (χ0v) is 5.86. The zero-order chi connectivity index (χ0) is 7.33. The first-order chi connectivity index (χ1) is 4.06. The van der Waals surface area contributed by atoms with Crippen LogP contribution >= 0.6 is 0 Å². The maximum absolute atomic E-state index is 9.78. The fraction of sp³-hybridized carbons (Fsp3) is 0.600. The van der Waals surface area contributed by atoms with Crippen LogP contribution in [0.4, 0.5) is 0 Å². The Balaban J connectivity index is 3.90. The Labute approximate surface area is 54.8 Å². The van der Waals surface area contributed by atoms with E-state index in [4.69, 9.17) is 0 Å². The zero-order valence-electron chi connectivity index (χ0n) is 5.05. The molecule has 0 spiro atoms. The van der Waals surface area contributed by atoms with E-state index >= 15 is 0 Å². The van der Waals surface area contributed by atoms with Crippen LogP contribution in [0.1, 0.15) is 19.8 Å². The molecule has 0 aromatic carbocycles. The first kappa shape index (κ1) is 8.47. The van der Waals surface area contributed by atoms with Crippen molar-refractivity contribution < 1.29 is 13.0 Å². The molecular weight excluding hydrogens is 140 g/mol. The number of hydrogen-bond acceptors (Lipinski definition) is 2. The summed E-state index contributed by atoms with van der Waals surface area (Å²) in [7, 11) is -4.31. The molecule has 0 aliphatic carbocycles. The summed E-state index contributed by atoms with van der Waals surface area (Å²) in [6.45, 7) is 1.85. The van der Waals surface area contributed by atoms with Crippen molar-refractivity contribution >= 4 is 10.1 Å². The standard InChI is InChI=1S/C5H7O3S/c1-2-3-4-5-9(6,7)8/h2-3H2,1H3. The summed E-state index contributed by atoms with van der Waals surface area (Å²) >= 11 is 0. The summed E-state index contributed by atoms with van der Waals surface area (Å²) in [6.07, 6.45) is 1.23. The van der Waals surface area contributed by atoms with Gasteiger partial charge in [0.1, 0.15) is 0 Å². The molecule has 0 rings (SSSR count). The molecular formula is C5H7O3S. The summed E-state index contributed by atoms with van der Waals surface area (Å²) in [5, 5.41) is 1.59. The van der Waals surface area contributed by atoms with Crippen LogP contribution in [0.3, 0.4) is 0 Å². The summed E-state index contributed by atoms with van der Waals surface area (Å²) in [5.74, 6) is 2.22. The fourth-order valence-corrected chi connectivity index (χ4v) is 0.543. The van der Waals surface area contributed by atoms with Crippen LogP contribution in [0.15, 0.2) is 0 Å². The van der Waals surface area contributed by atoms with E-state index in [0.717, 1.165) is 6.42 Å². The minimum atomic E-state index is -4.31. The Morgan fingerprint density at radius 3 is 2.33 bits per heavy atom. The van der Waals surface area contributed by atoms with Crippen molar-refractivity contribution in [2.24, 2.45) is 0 Å². The molecule has 1 radical (unpaired) electrons. The molecule has 0 heterocycles. The molecule has 51 valence electrons. The molecule has 9 heavy (non-hydrogen) atoms. The second-order valence-corrected chi connectivity index (χ2v) is 2.60. The molecule has 0 N–H and O–H groups in total. The van der Waals surface area contributed by atoms with Gasteiger partial charge in [-0.3, -0.25) is 0 Å². The highest BCUT2D eigenvalue weighted by Crippen LogP contribution is 1.83. The van der Waals surface area contributed by atoms with Crippen LogP contribution in [0.2, 0.25) is 0 Å². The van der Waals surface area contributed by atoms with Crippen molar-refractivity contribution in [3.8, 4) is 11.2 Å². The van der Waals surface area contributed by atoms with Gasteiger partial charge < -0.3 is 0 Å².